The molecule has 2 atom stereocenters. The van der Waals surface area contributed by atoms with E-state index in [1.807, 2.05) is 0 Å². The average Bonchev–Trinajstić information content (AvgIpc) is 2.75. The summed E-state index contributed by atoms with van der Waals surface area (Å²) in [6.07, 6.45) is 0. The Balaban J connectivity index is 1.91. The first-order chi connectivity index (χ1) is 14.4. The van der Waals surface area contributed by atoms with Crippen molar-refractivity contribution in [3.8, 4) is 5.75 Å². The molecule has 1 amide bonds. The van der Waals surface area contributed by atoms with Crippen LogP contribution in [0.4, 0.5) is 5.69 Å². The van der Waals surface area contributed by atoms with Crippen molar-refractivity contribution in [1.29, 1.82) is 0 Å². The Bertz CT molecular complexity index is 1050. The van der Waals surface area contributed by atoms with Crippen molar-refractivity contribution in [1.82, 2.24) is 0 Å². The molecule has 0 heterocycles. The highest BCUT2D eigenvalue weighted by Gasteiger charge is 2.34. The van der Waals surface area contributed by atoms with Crippen LogP contribution in [0.25, 0.3) is 0 Å². The van der Waals surface area contributed by atoms with Gasteiger partial charge in [0.05, 0.1) is 5.56 Å². The minimum absolute atomic E-state index is 0.0415. The zero-order valence-electron chi connectivity index (χ0n) is 15.9. The van der Waals surface area contributed by atoms with Gasteiger partial charge in [-0.15, -0.1) is 0 Å². The number of aromatic carboxylic acids is 1. The number of Topliss-reactive ketones (excluding diaryl/α,β-unsaturated/α-hetero) is 1. The standard InChI is InChI=1S/C23H20N2O5/c24-20(14-8-12-18(26)13-9-14)19(21(27)15-4-2-1-3-5-15)22(28)25-17-10-6-16(7-11-17)23(29)30/h1-13,19-20,26H,24H2,(H,25,28)(H,29,30)/t19-,20+/m0/s1. The number of anilines is 1. The van der Waals surface area contributed by atoms with Gasteiger partial charge in [0.2, 0.25) is 5.91 Å². The number of rotatable bonds is 7. The third-order valence-electron chi connectivity index (χ3n) is 4.66. The fourth-order valence-electron chi connectivity index (χ4n) is 3.03. The van der Waals surface area contributed by atoms with E-state index in [4.69, 9.17) is 10.8 Å². The normalized spacial score (nSPS) is 12.6. The largest absolute Gasteiger partial charge is 0.508 e. The molecule has 0 aliphatic carbocycles. The van der Waals surface area contributed by atoms with Crippen LogP contribution < -0.4 is 11.1 Å². The van der Waals surface area contributed by atoms with Gasteiger partial charge in [-0.25, -0.2) is 4.79 Å². The molecule has 0 aliphatic rings. The number of hydrogen-bond acceptors (Lipinski definition) is 5. The van der Waals surface area contributed by atoms with E-state index in [0.29, 0.717) is 16.8 Å². The quantitative estimate of drug-likeness (QED) is 0.353. The van der Waals surface area contributed by atoms with E-state index < -0.39 is 29.6 Å². The van der Waals surface area contributed by atoms with E-state index in [1.54, 1.807) is 42.5 Å². The summed E-state index contributed by atoms with van der Waals surface area (Å²) in [6.45, 7) is 0. The maximum Gasteiger partial charge on any atom is 0.335 e. The Kier molecular flexibility index (Phi) is 6.24. The maximum atomic E-state index is 13.1. The van der Waals surface area contributed by atoms with Crippen LogP contribution in [0.3, 0.4) is 0 Å². The van der Waals surface area contributed by atoms with E-state index >= 15 is 0 Å². The molecule has 3 aromatic carbocycles. The van der Waals surface area contributed by atoms with Gasteiger partial charge in [-0.2, -0.15) is 0 Å². The summed E-state index contributed by atoms with van der Waals surface area (Å²) < 4.78 is 0. The van der Waals surface area contributed by atoms with Gasteiger partial charge in [0, 0.05) is 17.3 Å². The van der Waals surface area contributed by atoms with Crippen LogP contribution in [0.2, 0.25) is 0 Å². The Morgan fingerprint density at radius 2 is 1.40 bits per heavy atom. The lowest BCUT2D eigenvalue weighted by Crippen LogP contribution is -2.38. The molecule has 5 N–H and O–H groups in total. The summed E-state index contributed by atoms with van der Waals surface area (Å²) in [5.74, 6) is -3.35. The molecule has 7 heteroatoms. The molecule has 0 aromatic heterocycles. The Hall–Kier alpha value is -3.97. The zero-order valence-corrected chi connectivity index (χ0v) is 15.9. The van der Waals surface area contributed by atoms with Crippen LogP contribution in [0, 0.1) is 5.92 Å². The second-order valence-corrected chi connectivity index (χ2v) is 6.70. The van der Waals surface area contributed by atoms with Crippen LogP contribution in [-0.2, 0) is 4.79 Å². The highest BCUT2D eigenvalue weighted by molar-refractivity contribution is 6.14. The second kappa shape index (κ2) is 9.02. The molecule has 30 heavy (non-hydrogen) atoms. The molecule has 3 aromatic rings. The number of phenolic OH excluding ortho intramolecular Hbond substituents is 1. The number of hydrogen-bond donors (Lipinski definition) is 4. The number of nitrogens with one attached hydrogen (secondary N) is 1. The monoisotopic (exact) mass is 404 g/mol. The number of carbonyl (C=O) groups excluding carboxylic acids is 2. The van der Waals surface area contributed by atoms with Gasteiger partial charge in [0.1, 0.15) is 11.7 Å². The number of carbonyl (C=O) groups is 3. The first-order valence-corrected chi connectivity index (χ1v) is 9.15. The van der Waals surface area contributed by atoms with Crippen molar-refractivity contribution < 1.29 is 24.6 Å². The van der Waals surface area contributed by atoms with Crippen molar-refractivity contribution in [2.45, 2.75) is 6.04 Å². The van der Waals surface area contributed by atoms with Crippen LogP contribution in [0.5, 0.6) is 5.75 Å². The summed E-state index contributed by atoms with van der Waals surface area (Å²) in [7, 11) is 0. The molecule has 0 saturated heterocycles. The topological polar surface area (TPSA) is 130 Å². The summed E-state index contributed by atoms with van der Waals surface area (Å²) in [5, 5.41) is 21.1. The molecule has 0 fully saturated rings. The van der Waals surface area contributed by atoms with Crippen molar-refractivity contribution in [2.24, 2.45) is 11.7 Å². The summed E-state index contributed by atoms with van der Waals surface area (Å²) in [6, 6.07) is 19.0. The number of carboxylic acid groups (broad SMARTS) is 1. The number of benzene rings is 3. The minimum atomic E-state index is -1.24. The van der Waals surface area contributed by atoms with Gasteiger partial charge in [0.25, 0.3) is 0 Å². The highest BCUT2D eigenvalue weighted by atomic mass is 16.4. The fraction of sp³-hybridized carbons (Fsp3) is 0.0870. The average molecular weight is 404 g/mol. The number of carboxylic acids is 1. The molecular formula is C23H20N2O5. The lowest BCUT2D eigenvalue weighted by atomic mass is 9.86. The molecule has 0 spiro atoms. The van der Waals surface area contributed by atoms with Crippen LogP contribution in [-0.4, -0.2) is 27.9 Å². The number of amides is 1. The lowest BCUT2D eigenvalue weighted by molar-refractivity contribution is -0.119. The van der Waals surface area contributed by atoms with Gasteiger partial charge in [-0.3, -0.25) is 9.59 Å². The van der Waals surface area contributed by atoms with Gasteiger partial charge < -0.3 is 21.3 Å². The molecule has 152 valence electrons. The van der Waals surface area contributed by atoms with Gasteiger partial charge in [-0.05, 0) is 42.0 Å². The number of phenols is 1. The van der Waals surface area contributed by atoms with E-state index in [-0.39, 0.29) is 11.3 Å². The molecule has 0 radical (unpaired) electrons. The first kappa shape index (κ1) is 20.8. The predicted octanol–water partition coefficient (Wildman–Crippen LogP) is 3.23. The van der Waals surface area contributed by atoms with Crippen LogP contribution in [0.15, 0.2) is 78.9 Å². The summed E-state index contributed by atoms with van der Waals surface area (Å²) in [5.41, 5.74) is 7.57. The van der Waals surface area contributed by atoms with E-state index in [0.717, 1.165) is 0 Å². The number of aromatic hydroxyl groups is 1. The van der Waals surface area contributed by atoms with Crippen molar-refractivity contribution in [3.63, 3.8) is 0 Å². The smallest absolute Gasteiger partial charge is 0.335 e. The Labute approximate surface area is 172 Å². The third kappa shape index (κ3) is 4.71. The van der Waals surface area contributed by atoms with Crippen molar-refractivity contribution in [3.05, 3.63) is 95.6 Å². The number of nitrogens with two attached hydrogens (primary N) is 1. The van der Waals surface area contributed by atoms with E-state index in [1.165, 1.54) is 36.4 Å². The molecule has 0 unspecified atom stereocenters. The molecule has 7 nitrogen and oxygen atoms in total. The fourth-order valence-corrected chi connectivity index (χ4v) is 3.03. The summed E-state index contributed by atoms with van der Waals surface area (Å²) in [4.78, 5) is 37.2. The van der Waals surface area contributed by atoms with Crippen molar-refractivity contribution >= 4 is 23.3 Å². The predicted molar refractivity (Wildman–Crippen MR) is 111 cm³/mol. The van der Waals surface area contributed by atoms with Gasteiger partial charge in [-0.1, -0.05) is 42.5 Å². The Morgan fingerprint density at radius 3 is 1.97 bits per heavy atom. The lowest BCUT2D eigenvalue weighted by Gasteiger charge is -2.23. The van der Waals surface area contributed by atoms with Crippen LogP contribution >= 0.6 is 0 Å². The molecule has 0 saturated carbocycles. The highest BCUT2D eigenvalue weighted by Crippen LogP contribution is 2.26. The molecule has 0 aliphatic heterocycles. The molecule has 3 rings (SSSR count). The second-order valence-electron chi connectivity index (χ2n) is 6.70. The summed E-state index contributed by atoms with van der Waals surface area (Å²) >= 11 is 0. The van der Waals surface area contributed by atoms with Gasteiger partial charge in [0.15, 0.2) is 5.78 Å². The van der Waals surface area contributed by atoms with E-state index in [2.05, 4.69) is 5.32 Å². The minimum Gasteiger partial charge on any atom is -0.508 e. The molecular weight excluding hydrogens is 384 g/mol. The van der Waals surface area contributed by atoms with E-state index in [9.17, 15) is 19.5 Å². The zero-order chi connectivity index (χ0) is 21.7. The third-order valence-corrected chi connectivity index (χ3v) is 4.66. The Morgan fingerprint density at radius 1 is 0.800 bits per heavy atom. The SMILES string of the molecule is N[C@H](c1ccc(O)cc1)[C@H](C(=O)Nc1ccc(C(=O)O)cc1)C(=O)c1ccccc1. The first-order valence-electron chi connectivity index (χ1n) is 9.15. The number of ketones is 1. The van der Waals surface area contributed by atoms with Crippen LogP contribution in [0.1, 0.15) is 32.3 Å². The van der Waals surface area contributed by atoms with Crippen molar-refractivity contribution in [2.75, 3.05) is 5.32 Å². The van der Waals surface area contributed by atoms with Gasteiger partial charge >= 0.3 is 5.97 Å². The molecule has 0 bridgehead atoms. The maximum absolute atomic E-state index is 13.1.